The number of aryl methyl sites for hydroxylation is 1. The lowest BCUT2D eigenvalue weighted by atomic mass is 9.95. The van der Waals surface area contributed by atoms with Gasteiger partial charge in [0.25, 0.3) is 11.5 Å². The van der Waals surface area contributed by atoms with Crippen molar-refractivity contribution in [1.82, 2.24) is 4.57 Å². The van der Waals surface area contributed by atoms with Crippen molar-refractivity contribution in [3.05, 3.63) is 96.7 Å². The van der Waals surface area contributed by atoms with Crippen LogP contribution in [0.5, 0.6) is 0 Å². The molecule has 1 amide bonds. The molecule has 5 rings (SSSR count). The first-order valence-electron chi connectivity index (χ1n) is 12.0. The molecule has 0 N–H and O–H groups in total. The number of carbonyl (C=O) groups excluding carboxylic acids is 2. The number of para-hydroxylation sites is 1. The number of carbonyl (C=O) groups is 2. The molecule has 9 heteroatoms. The van der Waals surface area contributed by atoms with E-state index in [1.54, 1.807) is 26.8 Å². The number of allylic oxidation sites excluding steroid dienone is 1. The number of hydrazone groups is 1. The molecule has 2 aromatic carbocycles. The Hall–Kier alpha value is -4.11. The number of esters is 1. The Kier molecular flexibility index (Phi) is 6.47. The van der Waals surface area contributed by atoms with Crippen LogP contribution in [0.15, 0.2) is 80.8 Å². The molecule has 2 atom stereocenters. The molecule has 0 unspecified atom stereocenters. The fourth-order valence-corrected chi connectivity index (χ4v) is 5.60. The van der Waals surface area contributed by atoms with E-state index < -0.39 is 17.9 Å². The van der Waals surface area contributed by atoms with Crippen LogP contribution in [0.1, 0.15) is 37.9 Å². The molecule has 1 aromatic heterocycles. The van der Waals surface area contributed by atoms with Gasteiger partial charge in [-0.15, -0.1) is 0 Å². The van der Waals surface area contributed by atoms with Crippen LogP contribution in [0, 0.1) is 12.8 Å². The maximum Gasteiger partial charge on any atom is 0.338 e. The topological polar surface area (TPSA) is 93.3 Å². The molecule has 3 aromatic rings. The summed E-state index contributed by atoms with van der Waals surface area (Å²) in [5, 5.41) is 5.81. The highest BCUT2D eigenvalue weighted by Gasteiger charge is 2.35. The Morgan fingerprint density at radius 2 is 1.76 bits per heavy atom. The van der Waals surface area contributed by atoms with E-state index in [0.717, 1.165) is 11.1 Å². The summed E-state index contributed by atoms with van der Waals surface area (Å²) >= 11 is 1.20. The lowest BCUT2D eigenvalue weighted by molar-refractivity contribution is -0.139. The van der Waals surface area contributed by atoms with Gasteiger partial charge >= 0.3 is 5.97 Å². The van der Waals surface area contributed by atoms with E-state index in [-0.39, 0.29) is 18.1 Å². The van der Waals surface area contributed by atoms with Gasteiger partial charge in [0.15, 0.2) is 4.80 Å². The maximum atomic E-state index is 13.8. The minimum Gasteiger partial charge on any atom is -0.463 e. The van der Waals surface area contributed by atoms with Crippen LogP contribution < -0.4 is 19.9 Å². The molecule has 3 heterocycles. The minimum atomic E-state index is -0.687. The summed E-state index contributed by atoms with van der Waals surface area (Å²) in [5.41, 5.74) is 3.61. The second-order valence-electron chi connectivity index (χ2n) is 8.94. The third kappa shape index (κ3) is 4.35. The summed E-state index contributed by atoms with van der Waals surface area (Å²) in [7, 11) is 0. The van der Waals surface area contributed by atoms with Crippen LogP contribution in [-0.2, 0) is 14.3 Å². The summed E-state index contributed by atoms with van der Waals surface area (Å²) in [5.74, 6) is -1.41. The lowest BCUT2D eigenvalue weighted by Crippen LogP contribution is -2.40. The van der Waals surface area contributed by atoms with E-state index in [1.807, 2.05) is 61.5 Å². The van der Waals surface area contributed by atoms with Crippen molar-refractivity contribution in [3.63, 3.8) is 0 Å². The quantitative estimate of drug-likeness (QED) is 0.489. The van der Waals surface area contributed by atoms with Gasteiger partial charge in [0, 0.05) is 0 Å². The van der Waals surface area contributed by atoms with Gasteiger partial charge in [-0.3, -0.25) is 14.2 Å². The third-order valence-electron chi connectivity index (χ3n) is 6.41. The van der Waals surface area contributed by atoms with Crippen molar-refractivity contribution in [2.45, 2.75) is 33.7 Å². The first kappa shape index (κ1) is 24.6. The van der Waals surface area contributed by atoms with E-state index in [9.17, 15) is 14.4 Å². The van der Waals surface area contributed by atoms with Crippen molar-refractivity contribution in [2.24, 2.45) is 16.0 Å². The standard InChI is InChI=1S/C28H26N4O4S/c1-5-36-27(35)23-18(4)29-28-31(24(23)19-13-11-16(2)12-14-19)26(34)22(37-28)15-21-17(3)30-32(25(21)33)20-9-7-6-8-10-20/h6-15,21,24H,5H2,1-4H3/b22-15+/t21-,24-/m1/s1. The Morgan fingerprint density at radius 1 is 1.05 bits per heavy atom. The molecule has 188 valence electrons. The molecule has 37 heavy (non-hydrogen) atoms. The number of benzene rings is 2. The molecule has 0 saturated carbocycles. The van der Waals surface area contributed by atoms with Gasteiger partial charge in [0.1, 0.15) is 5.92 Å². The average molecular weight is 515 g/mol. The number of hydrogen-bond donors (Lipinski definition) is 0. The Balaban J connectivity index is 1.63. The molecule has 0 spiro atoms. The molecule has 0 fully saturated rings. The number of rotatable bonds is 5. The highest BCUT2D eigenvalue weighted by atomic mass is 32.1. The predicted molar refractivity (Wildman–Crippen MR) is 143 cm³/mol. The van der Waals surface area contributed by atoms with Crippen molar-refractivity contribution >= 4 is 40.7 Å². The third-order valence-corrected chi connectivity index (χ3v) is 7.41. The van der Waals surface area contributed by atoms with Gasteiger partial charge in [0.2, 0.25) is 0 Å². The van der Waals surface area contributed by atoms with Crippen LogP contribution in [0.3, 0.4) is 0 Å². The number of hydrogen-bond acceptors (Lipinski definition) is 7. The molecule has 0 aliphatic carbocycles. The maximum absolute atomic E-state index is 13.8. The number of amides is 1. The van der Waals surface area contributed by atoms with E-state index in [1.165, 1.54) is 20.9 Å². The Bertz CT molecular complexity index is 1630. The van der Waals surface area contributed by atoms with Crippen LogP contribution in [0.2, 0.25) is 0 Å². The number of anilines is 1. The van der Waals surface area contributed by atoms with Gasteiger partial charge in [-0.05, 0) is 51.5 Å². The molecule has 0 saturated heterocycles. The minimum absolute atomic E-state index is 0.209. The largest absolute Gasteiger partial charge is 0.463 e. The van der Waals surface area contributed by atoms with Crippen LogP contribution >= 0.6 is 11.3 Å². The SMILES string of the molecule is CCOC(=O)C1=C(C)N=c2s/c(=C/[C@H]3C(=O)N(c4ccccc4)N=C3C)c(=O)n2[C@@H]1c1ccc(C)cc1. The number of fused-ring (bicyclic) bond motifs is 1. The van der Waals surface area contributed by atoms with Crippen LogP contribution in [0.25, 0.3) is 6.08 Å². The van der Waals surface area contributed by atoms with Gasteiger partial charge in [-0.25, -0.2) is 9.79 Å². The summed E-state index contributed by atoms with van der Waals surface area (Å²) in [6, 6.07) is 16.2. The molecule has 8 nitrogen and oxygen atoms in total. The summed E-state index contributed by atoms with van der Waals surface area (Å²) in [6.07, 6.45) is 1.66. The molecule has 2 aliphatic heterocycles. The zero-order chi connectivity index (χ0) is 26.3. The molecular weight excluding hydrogens is 488 g/mol. The van der Waals surface area contributed by atoms with Gasteiger partial charge in [-0.2, -0.15) is 10.1 Å². The Labute approximate surface area is 217 Å². The van der Waals surface area contributed by atoms with Gasteiger partial charge in [0.05, 0.1) is 39.9 Å². The second kappa shape index (κ2) is 9.74. The van der Waals surface area contributed by atoms with E-state index >= 15 is 0 Å². The normalized spacial score (nSPS) is 19.6. The second-order valence-corrected chi connectivity index (χ2v) is 9.95. The molecule has 0 bridgehead atoms. The fraction of sp³-hybridized carbons (Fsp3) is 0.250. The van der Waals surface area contributed by atoms with Crippen LogP contribution in [-0.4, -0.2) is 28.8 Å². The zero-order valence-corrected chi connectivity index (χ0v) is 21.8. The van der Waals surface area contributed by atoms with Crippen molar-refractivity contribution in [2.75, 3.05) is 11.6 Å². The highest BCUT2D eigenvalue weighted by molar-refractivity contribution is 7.07. The fourth-order valence-electron chi connectivity index (χ4n) is 4.55. The first-order valence-corrected chi connectivity index (χ1v) is 12.8. The lowest BCUT2D eigenvalue weighted by Gasteiger charge is -2.24. The number of nitrogens with zero attached hydrogens (tertiary/aromatic N) is 4. The molecule has 0 radical (unpaired) electrons. The van der Waals surface area contributed by atoms with E-state index in [2.05, 4.69) is 10.1 Å². The van der Waals surface area contributed by atoms with Gasteiger partial charge < -0.3 is 4.74 Å². The van der Waals surface area contributed by atoms with Gasteiger partial charge in [-0.1, -0.05) is 59.4 Å². The predicted octanol–water partition coefficient (Wildman–Crippen LogP) is 3.10. The van der Waals surface area contributed by atoms with Crippen LogP contribution in [0.4, 0.5) is 5.69 Å². The van der Waals surface area contributed by atoms with Crippen molar-refractivity contribution < 1.29 is 14.3 Å². The summed E-state index contributed by atoms with van der Waals surface area (Å²) in [6.45, 7) is 7.45. The van der Waals surface area contributed by atoms with Crippen molar-refractivity contribution in [3.8, 4) is 0 Å². The summed E-state index contributed by atoms with van der Waals surface area (Å²) in [4.78, 5) is 45.1. The zero-order valence-electron chi connectivity index (χ0n) is 21.0. The average Bonchev–Trinajstić information content (AvgIpc) is 3.34. The monoisotopic (exact) mass is 514 g/mol. The Morgan fingerprint density at radius 3 is 2.43 bits per heavy atom. The summed E-state index contributed by atoms with van der Waals surface area (Å²) < 4.78 is 7.24. The number of aromatic nitrogens is 1. The van der Waals surface area contributed by atoms with E-state index in [0.29, 0.717) is 32.0 Å². The first-order chi connectivity index (χ1) is 17.8. The number of thiazole rings is 1. The highest BCUT2D eigenvalue weighted by Crippen LogP contribution is 2.31. The van der Waals surface area contributed by atoms with Crippen molar-refractivity contribution in [1.29, 1.82) is 0 Å². The smallest absolute Gasteiger partial charge is 0.338 e. The van der Waals surface area contributed by atoms with E-state index in [4.69, 9.17) is 4.74 Å². The molecular formula is C28H26N4O4S. The molecule has 2 aliphatic rings. The number of ether oxygens (including phenoxy) is 1.